The van der Waals surface area contributed by atoms with Gasteiger partial charge in [0.1, 0.15) is 11.3 Å². The van der Waals surface area contributed by atoms with Crippen molar-refractivity contribution in [3.05, 3.63) is 73.8 Å². The number of carbonyl (C=O) groups is 1. The third-order valence-electron chi connectivity index (χ3n) is 4.17. The molecular weight excluding hydrogens is 526 g/mol. The van der Waals surface area contributed by atoms with Crippen LogP contribution in [0.25, 0.3) is 22.6 Å². The Morgan fingerprint density at radius 1 is 1.14 bits per heavy atom. The minimum Gasteiger partial charge on any atom is -0.494 e. The fraction of sp³-hybridized carbons (Fsp3) is 0.0476. The molecule has 0 atom stereocenters. The first kappa shape index (κ1) is 20.0. The monoisotopic (exact) mass is 538 g/mol. The van der Waals surface area contributed by atoms with Crippen molar-refractivity contribution >= 4 is 68.5 Å². The van der Waals surface area contributed by atoms with Gasteiger partial charge in [0.2, 0.25) is 5.89 Å². The number of hydrogen-bond acceptors (Lipinski definition) is 4. The fourth-order valence-corrected chi connectivity index (χ4v) is 4.00. The number of carbonyl (C=O) groups excluding carboxylic acids is 1. The molecule has 0 bridgehead atoms. The van der Waals surface area contributed by atoms with Crippen LogP contribution in [0.15, 0.2) is 59.0 Å². The number of fused-ring (bicyclic) bond motifs is 1. The zero-order valence-corrected chi connectivity index (χ0v) is 18.7. The number of methoxy groups -OCH3 is 1. The van der Waals surface area contributed by atoms with Crippen LogP contribution in [0.3, 0.4) is 0 Å². The third kappa shape index (κ3) is 4.19. The number of nitrogens with zero attached hydrogens (tertiary/aromatic N) is 1. The van der Waals surface area contributed by atoms with Gasteiger partial charge >= 0.3 is 0 Å². The Morgan fingerprint density at radius 3 is 2.72 bits per heavy atom. The average Bonchev–Trinajstić information content (AvgIpc) is 3.11. The van der Waals surface area contributed by atoms with Crippen molar-refractivity contribution in [2.75, 3.05) is 12.4 Å². The highest BCUT2D eigenvalue weighted by atomic mass is 127. The number of amides is 1. The lowest BCUT2D eigenvalue weighted by molar-refractivity contribution is 0.102. The second-order valence-corrected chi connectivity index (χ2v) is 8.22. The van der Waals surface area contributed by atoms with Crippen LogP contribution < -0.4 is 10.1 Å². The molecule has 4 rings (SSSR count). The van der Waals surface area contributed by atoms with E-state index in [1.54, 1.807) is 18.2 Å². The Bertz CT molecular complexity index is 1240. The number of anilines is 1. The van der Waals surface area contributed by atoms with Crippen molar-refractivity contribution in [3.63, 3.8) is 0 Å². The highest BCUT2D eigenvalue weighted by Gasteiger charge is 2.18. The van der Waals surface area contributed by atoms with Gasteiger partial charge in [0, 0.05) is 19.8 Å². The Kier molecular flexibility index (Phi) is 5.67. The van der Waals surface area contributed by atoms with Gasteiger partial charge in [-0.15, -0.1) is 0 Å². The fourth-order valence-electron chi connectivity index (χ4n) is 2.89. The lowest BCUT2D eigenvalue weighted by Crippen LogP contribution is -2.13. The standard InChI is InChI=1S/C21H13Cl2IN2O3/c1-28-19-15(8-12(22)9-16(19)23)20(27)25-14-5-6-18-17(10-14)26-21(29-18)11-3-2-4-13(24)7-11/h2-10H,1H3,(H,25,27). The van der Waals surface area contributed by atoms with E-state index in [0.29, 0.717) is 27.7 Å². The Balaban J connectivity index is 1.65. The topological polar surface area (TPSA) is 64.4 Å². The number of benzene rings is 3. The largest absolute Gasteiger partial charge is 0.494 e. The molecule has 146 valence electrons. The van der Waals surface area contributed by atoms with E-state index in [1.807, 2.05) is 24.3 Å². The Morgan fingerprint density at radius 2 is 1.97 bits per heavy atom. The second kappa shape index (κ2) is 8.22. The zero-order valence-electron chi connectivity index (χ0n) is 15.0. The highest BCUT2D eigenvalue weighted by molar-refractivity contribution is 14.1. The van der Waals surface area contributed by atoms with E-state index in [-0.39, 0.29) is 16.3 Å². The van der Waals surface area contributed by atoms with E-state index in [0.717, 1.165) is 9.13 Å². The first-order chi connectivity index (χ1) is 13.9. The molecule has 1 aromatic heterocycles. The summed E-state index contributed by atoms with van der Waals surface area (Å²) >= 11 is 14.4. The van der Waals surface area contributed by atoms with Crippen molar-refractivity contribution in [2.24, 2.45) is 0 Å². The van der Waals surface area contributed by atoms with Crippen LogP contribution in [0.5, 0.6) is 5.75 Å². The number of rotatable bonds is 4. The molecule has 0 saturated heterocycles. The van der Waals surface area contributed by atoms with Crippen molar-refractivity contribution in [2.45, 2.75) is 0 Å². The molecule has 8 heteroatoms. The summed E-state index contributed by atoms with van der Waals surface area (Å²) in [4.78, 5) is 17.3. The van der Waals surface area contributed by atoms with E-state index in [1.165, 1.54) is 19.2 Å². The summed E-state index contributed by atoms with van der Waals surface area (Å²) in [6.07, 6.45) is 0. The van der Waals surface area contributed by atoms with Crippen LogP contribution in [-0.4, -0.2) is 18.0 Å². The predicted octanol–water partition coefficient (Wildman–Crippen LogP) is 6.67. The average molecular weight is 539 g/mol. The van der Waals surface area contributed by atoms with Crippen molar-refractivity contribution in [3.8, 4) is 17.2 Å². The molecule has 4 aromatic rings. The number of aromatic nitrogens is 1. The molecular formula is C21H13Cl2IN2O3. The van der Waals surface area contributed by atoms with E-state index in [9.17, 15) is 4.79 Å². The van der Waals surface area contributed by atoms with Crippen LogP contribution in [-0.2, 0) is 0 Å². The highest BCUT2D eigenvalue weighted by Crippen LogP contribution is 2.33. The molecule has 0 unspecified atom stereocenters. The van der Waals surface area contributed by atoms with Gasteiger partial charge in [-0.2, -0.15) is 0 Å². The molecule has 0 aliphatic heterocycles. The summed E-state index contributed by atoms with van der Waals surface area (Å²) in [6, 6.07) is 16.1. The minimum absolute atomic E-state index is 0.241. The molecule has 0 aliphatic carbocycles. The van der Waals surface area contributed by atoms with Gasteiger partial charge < -0.3 is 14.5 Å². The van der Waals surface area contributed by atoms with Crippen molar-refractivity contribution < 1.29 is 13.9 Å². The van der Waals surface area contributed by atoms with Gasteiger partial charge in [-0.25, -0.2) is 4.98 Å². The molecule has 5 nitrogen and oxygen atoms in total. The minimum atomic E-state index is -0.396. The molecule has 3 aromatic carbocycles. The van der Waals surface area contributed by atoms with Crippen LogP contribution in [0.2, 0.25) is 10.0 Å². The maximum absolute atomic E-state index is 12.7. The van der Waals surface area contributed by atoms with Gasteiger partial charge in [-0.05, 0) is 71.1 Å². The van der Waals surface area contributed by atoms with Crippen molar-refractivity contribution in [1.29, 1.82) is 0 Å². The maximum Gasteiger partial charge on any atom is 0.259 e. The normalized spacial score (nSPS) is 10.9. The van der Waals surface area contributed by atoms with Crippen LogP contribution in [0, 0.1) is 3.57 Å². The summed E-state index contributed by atoms with van der Waals surface area (Å²) in [5.74, 6) is 0.384. The molecule has 1 heterocycles. The van der Waals surface area contributed by atoms with E-state index >= 15 is 0 Å². The summed E-state index contributed by atoms with van der Waals surface area (Å²) in [7, 11) is 1.44. The number of ether oxygens (including phenoxy) is 1. The molecule has 1 N–H and O–H groups in total. The summed E-state index contributed by atoms with van der Waals surface area (Å²) in [5.41, 5.74) is 2.94. The number of oxazole rings is 1. The Labute approximate surface area is 190 Å². The summed E-state index contributed by atoms with van der Waals surface area (Å²) in [5, 5.41) is 3.42. The zero-order chi connectivity index (χ0) is 20.5. The summed E-state index contributed by atoms with van der Waals surface area (Å²) < 4.78 is 12.2. The number of halogens is 3. The molecule has 1 amide bonds. The molecule has 0 fully saturated rings. The quantitative estimate of drug-likeness (QED) is 0.295. The predicted molar refractivity (Wildman–Crippen MR) is 123 cm³/mol. The van der Waals surface area contributed by atoms with Gasteiger partial charge in [-0.1, -0.05) is 29.3 Å². The smallest absolute Gasteiger partial charge is 0.259 e. The van der Waals surface area contributed by atoms with Crippen LogP contribution in [0.1, 0.15) is 10.4 Å². The van der Waals surface area contributed by atoms with Gasteiger partial charge in [0.25, 0.3) is 5.91 Å². The van der Waals surface area contributed by atoms with Gasteiger partial charge in [0.05, 0.1) is 17.7 Å². The maximum atomic E-state index is 12.7. The van der Waals surface area contributed by atoms with E-state index < -0.39 is 5.91 Å². The molecule has 0 saturated carbocycles. The van der Waals surface area contributed by atoms with Gasteiger partial charge in [-0.3, -0.25) is 4.79 Å². The first-order valence-corrected chi connectivity index (χ1v) is 10.3. The van der Waals surface area contributed by atoms with E-state index in [4.69, 9.17) is 32.4 Å². The first-order valence-electron chi connectivity index (χ1n) is 8.45. The molecule has 29 heavy (non-hydrogen) atoms. The van der Waals surface area contributed by atoms with Gasteiger partial charge in [0.15, 0.2) is 5.58 Å². The Hall–Kier alpha value is -2.29. The molecule has 0 aliphatic rings. The van der Waals surface area contributed by atoms with Crippen LogP contribution in [0.4, 0.5) is 5.69 Å². The summed E-state index contributed by atoms with van der Waals surface area (Å²) in [6.45, 7) is 0. The SMILES string of the molecule is COc1c(Cl)cc(Cl)cc1C(=O)Nc1ccc2oc(-c3cccc(I)c3)nc2c1. The van der Waals surface area contributed by atoms with E-state index in [2.05, 4.69) is 32.9 Å². The second-order valence-electron chi connectivity index (χ2n) is 6.13. The lowest BCUT2D eigenvalue weighted by atomic mass is 10.1. The van der Waals surface area contributed by atoms with Crippen LogP contribution >= 0.6 is 45.8 Å². The number of nitrogens with one attached hydrogen (secondary N) is 1. The lowest BCUT2D eigenvalue weighted by Gasteiger charge is -2.11. The number of hydrogen-bond donors (Lipinski definition) is 1. The molecule has 0 radical (unpaired) electrons. The molecule has 0 spiro atoms. The third-order valence-corrected chi connectivity index (χ3v) is 5.34. The van der Waals surface area contributed by atoms with Crippen molar-refractivity contribution in [1.82, 2.24) is 4.98 Å².